The summed E-state index contributed by atoms with van der Waals surface area (Å²) >= 11 is 0. The maximum atomic E-state index is 12.8. The summed E-state index contributed by atoms with van der Waals surface area (Å²) in [6, 6.07) is 14.6. The first-order valence-electron chi connectivity index (χ1n) is 8.18. The largest absolute Gasteiger partial charge is 0.310 e. The molecule has 0 bridgehead atoms. The van der Waals surface area contributed by atoms with Gasteiger partial charge in [-0.1, -0.05) is 50.2 Å². The van der Waals surface area contributed by atoms with Crippen LogP contribution in [-0.4, -0.2) is 10.6 Å². The normalized spacial score (nSPS) is 12.3. The number of aromatic nitrogens is 1. The average Bonchev–Trinajstić information content (AvgIpc) is 2.56. The summed E-state index contributed by atoms with van der Waals surface area (Å²) in [4.78, 5) is 12.8. The fourth-order valence-corrected chi connectivity index (χ4v) is 2.49. The van der Waals surface area contributed by atoms with Gasteiger partial charge >= 0.3 is 0 Å². The molecule has 118 valence electrons. The van der Waals surface area contributed by atoms with Crippen LogP contribution in [0.2, 0.25) is 0 Å². The van der Waals surface area contributed by atoms with Gasteiger partial charge in [0.05, 0.1) is 5.69 Å². The molecule has 0 aliphatic rings. The van der Waals surface area contributed by atoms with E-state index < -0.39 is 0 Å². The monoisotopic (exact) mass is 298 g/mol. The number of rotatable bonds is 7. The Balaban J connectivity index is 2.37. The fourth-order valence-electron chi connectivity index (χ4n) is 2.49. The van der Waals surface area contributed by atoms with Crippen LogP contribution >= 0.6 is 0 Å². The minimum Gasteiger partial charge on any atom is -0.310 e. The zero-order valence-electron chi connectivity index (χ0n) is 13.8. The molecule has 0 saturated carbocycles. The maximum Gasteiger partial charge on any atom is 0.255 e. The van der Waals surface area contributed by atoms with Gasteiger partial charge in [-0.05, 0) is 31.4 Å². The van der Waals surface area contributed by atoms with Gasteiger partial charge in [-0.15, -0.1) is 0 Å². The van der Waals surface area contributed by atoms with Gasteiger partial charge in [-0.25, -0.2) is 0 Å². The van der Waals surface area contributed by atoms with Gasteiger partial charge in [0.2, 0.25) is 0 Å². The Labute approximate surface area is 133 Å². The molecule has 1 heterocycles. The molecule has 3 heteroatoms. The molecule has 0 fully saturated rings. The molecule has 1 aromatic heterocycles. The quantitative estimate of drug-likeness (QED) is 0.843. The van der Waals surface area contributed by atoms with Crippen LogP contribution in [0.15, 0.2) is 47.3 Å². The molecule has 2 aromatic rings. The molecule has 3 nitrogen and oxygen atoms in total. The highest BCUT2D eigenvalue weighted by molar-refractivity contribution is 5.59. The minimum absolute atomic E-state index is 0.124. The predicted octanol–water partition coefficient (Wildman–Crippen LogP) is 3.81. The van der Waals surface area contributed by atoms with Crippen molar-refractivity contribution in [2.24, 2.45) is 0 Å². The van der Waals surface area contributed by atoms with Crippen molar-refractivity contribution in [2.75, 3.05) is 0 Å². The van der Waals surface area contributed by atoms with Gasteiger partial charge < -0.3 is 9.88 Å². The first-order chi connectivity index (χ1) is 10.7. The van der Waals surface area contributed by atoms with Gasteiger partial charge in [0.1, 0.15) is 0 Å². The Kier molecular flexibility index (Phi) is 5.96. The van der Waals surface area contributed by atoms with Crippen molar-refractivity contribution >= 4 is 0 Å². The summed E-state index contributed by atoms with van der Waals surface area (Å²) < 4.78 is 1.91. The highest BCUT2D eigenvalue weighted by Crippen LogP contribution is 2.18. The van der Waals surface area contributed by atoms with Crippen LogP contribution in [0.4, 0.5) is 0 Å². The van der Waals surface area contributed by atoms with Gasteiger partial charge in [0.25, 0.3) is 5.56 Å². The van der Waals surface area contributed by atoms with E-state index in [2.05, 4.69) is 44.3 Å². The third-order valence-corrected chi connectivity index (χ3v) is 4.02. The van der Waals surface area contributed by atoms with Gasteiger partial charge in [-0.2, -0.15) is 0 Å². The molecule has 2 rings (SSSR count). The number of hydrogen-bond donors (Lipinski definition) is 1. The fraction of sp³-hybridized carbons (Fsp3) is 0.421. The lowest BCUT2D eigenvalue weighted by Gasteiger charge is -2.16. The molecule has 1 aromatic carbocycles. The molecule has 0 aliphatic heterocycles. The van der Waals surface area contributed by atoms with Crippen molar-refractivity contribution in [2.45, 2.75) is 52.7 Å². The topological polar surface area (TPSA) is 34.0 Å². The lowest BCUT2D eigenvalue weighted by atomic mass is 10.1. The van der Waals surface area contributed by atoms with Crippen molar-refractivity contribution in [1.29, 1.82) is 0 Å². The molecule has 0 radical (unpaired) electrons. The lowest BCUT2D eigenvalue weighted by molar-refractivity contribution is 0.528. The number of nitrogens with one attached hydrogen (secondary N) is 1. The van der Waals surface area contributed by atoms with E-state index in [0.29, 0.717) is 12.6 Å². The third-order valence-electron chi connectivity index (χ3n) is 4.02. The second kappa shape index (κ2) is 7.95. The van der Waals surface area contributed by atoms with Crippen molar-refractivity contribution in [1.82, 2.24) is 9.88 Å². The highest BCUT2D eigenvalue weighted by Gasteiger charge is 2.10. The number of benzene rings is 1. The molecule has 0 amide bonds. The van der Waals surface area contributed by atoms with Crippen LogP contribution in [0.25, 0.3) is 11.3 Å². The summed E-state index contributed by atoms with van der Waals surface area (Å²) in [6.07, 6.45) is 2.01. The molecule has 22 heavy (non-hydrogen) atoms. The van der Waals surface area contributed by atoms with Gasteiger partial charge in [0, 0.05) is 24.7 Å². The van der Waals surface area contributed by atoms with Crippen molar-refractivity contribution in [3.8, 4) is 11.3 Å². The number of hydrogen-bond acceptors (Lipinski definition) is 2. The molecule has 1 unspecified atom stereocenters. The van der Waals surface area contributed by atoms with E-state index in [9.17, 15) is 4.79 Å². The van der Waals surface area contributed by atoms with Crippen LogP contribution < -0.4 is 10.9 Å². The first kappa shape index (κ1) is 16.5. The highest BCUT2D eigenvalue weighted by atomic mass is 16.1. The van der Waals surface area contributed by atoms with Crippen LogP contribution in [-0.2, 0) is 13.1 Å². The summed E-state index contributed by atoms with van der Waals surface area (Å²) in [5.41, 5.74) is 3.06. The summed E-state index contributed by atoms with van der Waals surface area (Å²) in [5.74, 6) is 0. The number of nitrogens with zero attached hydrogens (tertiary/aromatic N) is 1. The molecular formula is C19H26N2O. The van der Waals surface area contributed by atoms with E-state index in [0.717, 1.165) is 36.2 Å². The molecular weight excluding hydrogens is 272 g/mol. The van der Waals surface area contributed by atoms with Crippen molar-refractivity contribution in [3.63, 3.8) is 0 Å². The van der Waals surface area contributed by atoms with E-state index in [4.69, 9.17) is 0 Å². The first-order valence-corrected chi connectivity index (χ1v) is 8.18. The zero-order valence-corrected chi connectivity index (χ0v) is 13.8. The van der Waals surface area contributed by atoms with Crippen molar-refractivity contribution in [3.05, 3.63) is 58.4 Å². The smallest absolute Gasteiger partial charge is 0.255 e. The summed E-state index contributed by atoms with van der Waals surface area (Å²) in [6.45, 7) is 7.77. The second-order valence-corrected chi connectivity index (χ2v) is 5.76. The predicted molar refractivity (Wildman–Crippen MR) is 93.0 cm³/mol. The van der Waals surface area contributed by atoms with Crippen LogP contribution in [0.1, 0.15) is 39.2 Å². The van der Waals surface area contributed by atoms with E-state index in [1.165, 1.54) is 0 Å². The number of pyridine rings is 1. The van der Waals surface area contributed by atoms with Crippen molar-refractivity contribution < 1.29 is 0 Å². The van der Waals surface area contributed by atoms with Crippen LogP contribution in [0.3, 0.4) is 0 Å². The van der Waals surface area contributed by atoms with Gasteiger partial charge in [0.15, 0.2) is 0 Å². The van der Waals surface area contributed by atoms with Gasteiger partial charge in [-0.3, -0.25) is 4.79 Å². The van der Waals surface area contributed by atoms with Crippen LogP contribution in [0, 0.1) is 0 Å². The van der Waals surface area contributed by atoms with E-state index in [-0.39, 0.29) is 5.56 Å². The molecule has 0 aliphatic carbocycles. The molecule has 0 spiro atoms. The SMILES string of the molecule is CCCn1c(-c2ccccc2)ccc(CNC(C)CC)c1=O. The Morgan fingerprint density at radius 1 is 1.09 bits per heavy atom. The molecule has 1 atom stereocenters. The second-order valence-electron chi connectivity index (χ2n) is 5.76. The zero-order chi connectivity index (χ0) is 15.9. The van der Waals surface area contributed by atoms with E-state index in [1.54, 1.807) is 0 Å². The summed E-state index contributed by atoms with van der Waals surface area (Å²) in [7, 11) is 0. The standard InChI is InChI=1S/C19H26N2O/c1-4-13-21-18(16-9-7-6-8-10-16)12-11-17(19(21)22)14-20-15(3)5-2/h6-12,15,20H,4-5,13-14H2,1-3H3. The Morgan fingerprint density at radius 2 is 1.82 bits per heavy atom. The third kappa shape index (κ3) is 3.86. The van der Waals surface area contributed by atoms with E-state index >= 15 is 0 Å². The Hall–Kier alpha value is -1.87. The molecule has 1 N–H and O–H groups in total. The van der Waals surface area contributed by atoms with Crippen LogP contribution in [0.5, 0.6) is 0 Å². The molecule has 0 saturated heterocycles. The minimum atomic E-state index is 0.124. The Bertz CT molecular complexity index is 646. The maximum absolute atomic E-state index is 12.8. The van der Waals surface area contributed by atoms with E-state index in [1.807, 2.05) is 28.8 Å². The average molecular weight is 298 g/mol. The summed E-state index contributed by atoms with van der Waals surface area (Å²) in [5, 5.41) is 3.40. The lowest BCUT2D eigenvalue weighted by Crippen LogP contribution is -2.31. The Morgan fingerprint density at radius 3 is 2.45 bits per heavy atom.